The molecule has 0 aliphatic rings. The van der Waals surface area contributed by atoms with Gasteiger partial charge in [0.25, 0.3) is 17.6 Å². The molecule has 2 rings (SSSR count). The quantitative estimate of drug-likeness (QED) is 0.637. The van der Waals surface area contributed by atoms with E-state index in [9.17, 15) is 18.8 Å². The molecular formula is C19H19FN4O3. The first kappa shape index (κ1) is 19.8. The Morgan fingerprint density at radius 3 is 2.44 bits per heavy atom. The molecule has 0 unspecified atom stereocenters. The molecule has 0 aliphatic carbocycles. The van der Waals surface area contributed by atoms with Crippen LogP contribution in [0, 0.1) is 17.1 Å². The molecule has 0 bridgehead atoms. The number of halogens is 1. The maximum Gasteiger partial charge on any atom is 0.294 e. The predicted octanol–water partition coefficient (Wildman–Crippen LogP) is 2.39. The summed E-state index contributed by atoms with van der Waals surface area (Å²) in [4.78, 5) is 36.7. The number of carbonyl (C=O) groups is 3. The highest BCUT2D eigenvalue weighted by molar-refractivity contribution is 6.42. The minimum absolute atomic E-state index is 0.0544. The molecular weight excluding hydrogens is 351 g/mol. The average Bonchev–Trinajstić information content (AvgIpc) is 2.96. The molecule has 0 fully saturated rings. The van der Waals surface area contributed by atoms with Crippen LogP contribution in [0.25, 0.3) is 0 Å². The number of aryl methyl sites for hydroxylation is 1. The maximum atomic E-state index is 13.4. The first-order valence-electron chi connectivity index (χ1n) is 8.06. The summed E-state index contributed by atoms with van der Waals surface area (Å²) in [5.41, 5.74) is -0.333. The molecule has 0 saturated heterocycles. The number of aromatic nitrogens is 1. The number of amides is 2. The number of benzene rings is 1. The maximum absolute atomic E-state index is 13.4. The lowest BCUT2D eigenvalue weighted by Crippen LogP contribution is -2.44. The predicted molar refractivity (Wildman–Crippen MR) is 96.7 cm³/mol. The van der Waals surface area contributed by atoms with Crippen molar-refractivity contribution in [2.24, 2.45) is 7.05 Å². The number of nitriles is 1. The van der Waals surface area contributed by atoms with Crippen LogP contribution in [-0.4, -0.2) is 27.7 Å². The molecule has 2 aromatic rings. The Hall–Kier alpha value is -3.47. The number of ketones is 1. The van der Waals surface area contributed by atoms with Gasteiger partial charge < -0.3 is 15.2 Å². The van der Waals surface area contributed by atoms with E-state index in [1.807, 2.05) is 0 Å². The lowest BCUT2D eigenvalue weighted by atomic mass is 10.1. The Morgan fingerprint density at radius 1 is 1.19 bits per heavy atom. The van der Waals surface area contributed by atoms with Crippen LogP contribution in [0.2, 0.25) is 0 Å². The first-order chi connectivity index (χ1) is 12.5. The van der Waals surface area contributed by atoms with Crippen LogP contribution < -0.4 is 10.6 Å². The van der Waals surface area contributed by atoms with Crippen molar-refractivity contribution >= 4 is 23.3 Å². The lowest BCUT2D eigenvalue weighted by molar-refractivity contribution is -0.118. The summed E-state index contributed by atoms with van der Waals surface area (Å²) < 4.78 is 14.7. The summed E-state index contributed by atoms with van der Waals surface area (Å²) in [6, 6.07) is 6.59. The fraction of sp³-hybridized carbons (Fsp3) is 0.263. The highest BCUT2D eigenvalue weighted by Crippen LogP contribution is 2.16. The van der Waals surface area contributed by atoms with Gasteiger partial charge in [-0.1, -0.05) is 0 Å². The minimum atomic E-state index is -0.771. The van der Waals surface area contributed by atoms with Gasteiger partial charge in [0.2, 0.25) is 0 Å². The van der Waals surface area contributed by atoms with Crippen LogP contribution in [0.1, 0.15) is 47.2 Å². The zero-order valence-corrected chi connectivity index (χ0v) is 15.4. The summed E-state index contributed by atoms with van der Waals surface area (Å²) in [5, 5.41) is 13.9. The van der Waals surface area contributed by atoms with Crippen molar-refractivity contribution in [2.45, 2.75) is 26.3 Å². The van der Waals surface area contributed by atoms with Crippen LogP contribution >= 0.6 is 0 Å². The molecule has 7 nitrogen and oxygen atoms in total. The second-order valence-corrected chi connectivity index (χ2v) is 7.02. The van der Waals surface area contributed by atoms with E-state index in [1.165, 1.54) is 29.0 Å². The number of hydrogen-bond acceptors (Lipinski definition) is 4. The highest BCUT2D eigenvalue weighted by atomic mass is 19.1. The summed E-state index contributed by atoms with van der Waals surface area (Å²) in [6.07, 6.45) is 1.40. The number of Topliss-reactive ketones (excluding diaryl/α,β-unsaturated/α-hetero) is 1. The Morgan fingerprint density at radius 2 is 1.85 bits per heavy atom. The van der Waals surface area contributed by atoms with Crippen LogP contribution in [0.5, 0.6) is 0 Å². The Labute approximate surface area is 155 Å². The number of hydrogen-bond donors (Lipinski definition) is 2. The van der Waals surface area contributed by atoms with Crippen molar-refractivity contribution in [1.29, 1.82) is 5.26 Å². The second kappa shape index (κ2) is 7.41. The van der Waals surface area contributed by atoms with Crippen LogP contribution in [0.4, 0.5) is 10.1 Å². The van der Waals surface area contributed by atoms with Gasteiger partial charge >= 0.3 is 0 Å². The van der Waals surface area contributed by atoms with Crippen LogP contribution in [-0.2, 0) is 11.8 Å². The molecule has 0 aliphatic heterocycles. The molecule has 0 saturated carbocycles. The van der Waals surface area contributed by atoms with Gasteiger partial charge in [0.15, 0.2) is 0 Å². The van der Waals surface area contributed by atoms with Gasteiger partial charge in [-0.15, -0.1) is 0 Å². The molecule has 27 heavy (non-hydrogen) atoms. The zero-order chi connectivity index (χ0) is 20.4. The van der Waals surface area contributed by atoms with E-state index in [1.54, 1.807) is 33.9 Å². The monoisotopic (exact) mass is 370 g/mol. The first-order valence-corrected chi connectivity index (χ1v) is 8.06. The van der Waals surface area contributed by atoms with E-state index in [0.717, 1.165) is 6.07 Å². The van der Waals surface area contributed by atoms with Gasteiger partial charge in [0.1, 0.15) is 11.9 Å². The summed E-state index contributed by atoms with van der Waals surface area (Å²) in [7, 11) is 1.54. The number of nitrogens with one attached hydrogen (secondary N) is 2. The Kier molecular flexibility index (Phi) is 5.45. The third kappa shape index (κ3) is 4.79. The summed E-state index contributed by atoms with van der Waals surface area (Å²) in [5.74, 6) is -2.78. The third-order valence-corrected chi connectivity index (χ3v) is 3.54. The second-order valence-electron chi connectivity index (χ2n) is 7.02. The van der Waals surface area contributed by atoms with Gasteiger partial charge in [-0.25, -0.2) is 4.39 Å². The molecule has 1 aromatic heterocycles. The van der Waals surface area contributed by atoms with E-state index in [2.05, 4.69) is 10.6 Å². The van der Waals surface area contributed by atoms with Gasteiger partial charge in [-0.2, -0.15) is 5.26 Å². The fourth-order valence-corrected chi connectivity index (χ4v) is 2.32. The molecule has 140 valence electrons. The van der Waals surface area contributed by atoms with E-state index in [4.69, 9.17) is 5.26 Å². The topological polar surface area (TPSA) is 104 Å². The van der Waals surface area contributed by atoms with Crippen molar-refractivity contribution in [3.8, 4) is 6.07 Å². The Balaban J connectivity index is 2.20. The standard InChI is InChI=1S/C19H19FN4O3/c1-19(2,3)23-18(27)16(25)15-8-12(10-24(15)4)17(26)22-13-5-6-14(20)11(7-13)9-21/h5-8,10H,1-4H3,(H,22,26)(H,23,27). The largest absolute Gasteiger partial charge is 0.347 e. The SMILES string of the molecule is Cn1cc(C(=O)Nc2ccc(F)c(C#N)c2)cc1C(=O)C(=O)NC(C)(C)C. The van der Waals surface area contributed by atoms with Crippen molar-refractivity contribution in [3.63, 3.8) is 0 Å². The molecule has 0 atom stereocenters. The van der Waals surface area contributed by atoms with Crippen LogP contribution in [0.15, 0.2) is 30.5 Å². The van der Waals surface area contributed by atoms with Gasteiger partial charge in [0.05, 0.1) is 16.8 Å². The molecule has 1 aromatic carbocycles. The van der Waals surface area contributed by atoms with Crippen molar-refractivity contribution < 1.29 is 18.8 Å². The fourth-order valence-electron chi connectivity index (χ4n) is 2.32. The van der Waals surface area contributed by atoms with Gasteiger partial charge in [-0.05, 0) is 45.0 Å². The van der Waals surface area contributed by atoms with E-state index < -0.39 is 29.0 Å². The van der Waals surface area contributed by atoms with E-state index >= 15 is 0 Å². The van der Waals surface area contributed by atoms with E-state index in [0.29, 0.717) is 0 Å². The number of anilines is 1. The summed E-state index contributed by atoms with van der Waals surface area (Å²) >= 11 is 0. The van der Waals surface area contributed by atoms with Gasteiger partial charge in [-0.3, -0.25) is 14.4 Å². The zero-order valence-electron chi connectivity index (χ0n) is 15.4. The minimum Gasteiger partial charge on any atom is -0.347 e. The van der Waals surface area contributed by atoms with Gasteiger partial charge in [0, 0.05) is 24.5 Å². The molecule has 0 radical (unpaired) electrons. The normalized spacial score (nSPS) is 10.8. The molecule has 1 heterocycles. The molecule has 0 spiro atoms. The smallest absolute Gasteiger partial charge is 0.294 e. The third-order valence-electron chi connectivity index (χ3n) is 3.54. The number of nitrogens with zero attached hydrogens (tertiary/aromatic N) is 2. The molecule has 8 heteroatoms. The summed E-state index contributed by atoms with van der Waals surface area (Å²) in [6.45, 7) is 5.25. The van der Waals surface area contributed by atoms with Crippen LogP contribution in [0.3, 0.4) is 0 Å². The van der Waals surface area contributed by atoms with Crippen molar-refractivity contribution in [1.82, 2.24) is 9.88 Å². The van der Waals surface area contributed by atoms with Crippen molar-refractivity contribution in [3.05, 3.63) is 53.1 Å². The molecule has 2 amide bonds. The number of rotatable bonds is 4. The lowest BCUT2D eigenvalue weighted by Gasteiger charge is -2.19. The highest BCUT2D eigenvalue weighted by Gasteiger charge is 2.25. The average molecular weight is 370 g/mol. The molecule has 2 N–H and O–H groups in total. The van der Waals surface area contributed by atoms with Crippen molar-refractivity contribution in [2.75, 3.05) is 5.32 Å². The van der Waals surface area contributed by atoms with E-state index in [-0.39, 0.29) is 22.5 Å². The number of carbonyl (C=O) groups excluding carboxylic acids is 3. The Bertz CT molecular complexity index is 964.